The van der Waals surface area contributed by atoms with E-state index in [1.54, 1.807) is 0 Å². The van der Waals surface area contributed by atoms with E-state index >= 15 is 0 Å². The van der Waals surface area contributed by atoms with E-state index < -0.39 is 6.04 Å². The number of unbranched alkanes of at least 4 members (excludes halogenated alkanes) is 1. The molecular weight excluding hydrogens is 488 g/mol. The number of hydrogen-bond acceptors (Lipinski definition) is 5. The molecule has 0 saturated carbocycles. The molecular formula is C32H36N4O3. The molecule has 0 bridgehead atoms. The van der Waals surface area contributed by atoms with Gasteiger partial charge in [0.05, 0.1) is 35.9 Å². The van der Waals surface area contributed by atoms with Gasteiger partial charge in [0.15, 0.2) is 11.5 Å². The zero-order chi connectivity index (χ0) is 27.5. The third-order valence-electron chi connectivity index (χ3n) is 7.04. The minimum Gasteiger partial charge on any atom is -0.490 e. The third kappa shape index (κ3) is 5.21. The molecule has 1 aromatic heterocycles. The fourth-order valence-corrected chi connectivity index (χ4v) is 5.13. The summed E-state index contributed by atoms with van der Waals surface area (Å²) >= 11 is 0. The van der Waals surface area contributed by atoms with Crippen LogP contribution in [0.1, 0.15) is 56.3 Å². The first-order chi connectivity index (χ1) is 18.9. The van der Waals surface area contributed by atoms with Gasteiger partial charge in [-0.15, -0.1) is 0 Å². The summed E-state index contributed by atoms with van der Waals surface area (Å²) in [6.07, 6.45) is 2.02. The van der Waals surface area contributed by atoms with Gasteiger partial charge in [-0.2, -0.15) is 0 Å². The topological polar surface area (TPSA) is 77.4 Å². The molecule has 3 aromatic carbocycles. The fraction of sp³-hybridized carbons (Fsp3) is 0.312. The van der Waals surface area contributed by atoms with Crippen LogP contribution < -0.4 is 20.1 Å². The molecule has 1 amide bonds. The first-order valence-corrected chi connectivity index (χ1v) is 13.6. The number of amides is 1. The van der Waals surface area contributed by atoms with Crippen LogP contribution in [0.5, 0.6) is 11.5 Å². The number of imidazole rings is 1. The van der Waals surface area contributed by atoms with Gasteiger partial charge in [0.2, 0.25) is 5.95 Å². The number of carbonyl (C=O) groups excluding carboxylic acids is 1. The zero-order valence-electron chi connectivity index (χ0n) is 23.3. The summed E-state index contributed by atoms with van der Waals surface area (Å²) in [7, 11) is 0. The maximum Gasteiger partial charge on any atom is 0.255 e. The number of nitrogens with one attached hydrogen (secondary N) is 2. The molecule has 39 heavy (non-hydrogen) atoms. The van der Waals surface area contributed by atoms with Crippen molar-refractivity contribution in [3.63, 3.8) is 0 Å². The van der Waals surface area contributed by atoms with Crippen molar-refractivity contribution >= 4 is 28.6 Å². The molecule has 1 aliphatic rings. The molecule has 0 fully saturated rings. The molecule has 0 aliphatic carbocycles. The van der Waals surface area contributed by atoms with Crippen LogP contribution in [0.2, 0.25) is 0 Å². The van der Waals surface area contributed by atoms with Gasteiger partial charge in [-0.25, -0.2) is 4.98 Å². The van der Waals surface area contributed by atoms with Crippen LogP contribution in [0.4, 0.5) is 11.6 Å². The molecule has 0 spiro atoms. The number of rotatable bonds is 9. The van der Waals surface area contributed by atoms with Crippen molar-refractivity contribution in [3.8, 4) is 11.5 Å². The van der Waals surface area contributed by atoms with E-state index in [9.17, 15) is 4.79 Å². The van der Waals surface area contributed by atoms with Gasteiger partial charge < -0.3 is 20.1 Å². The second kappa shape index (κ2) is 11.2. The van der Waals surface area contributed by atoms with Gasteiger partial charge in [-0.1, -0.05) is 49.2 Å². The summed E-state index contributed by atoms with van der Waals surface area (Å²) in [4.78, 5) is 18.9. The number of allylic oxidation sites excluding steroid dienone is 1. The number of carbonyl (C=O) groups is 1. The zero-order valence-corrected chi connectivity index (χ0v) is 23.3. The third-order valence-corrected chi connectivity index (χ3v) is 7.04. The molecule has 0 radical (unpaired) electrons. The standard InChI is InChI=1S/C32H36N4O3/c1-6-8-17-39-27-16-14-23(19-28(27)38-7-2)30-29(31(37)34-24-15-13-20(3)18-21(24)4)22(5)33-32-35-25-11-9-10-12-26(25)36(30)32/h9-16,18-19,30H,6-8,17H2,1-5H3,(H,33,35)(H,34,37)/t30-/m1/s1. The minimum atomic E-state index is -0.427. The van der Waals surface area contributed by atoms with Crippen molar-refractivity contribution in [2.45, 2.75) is 53.5 Å². The van der Waals surface area contributed by atoms with Crippen molar-refractivity contribution in [2.24, 2.45) is 0 Å². The molecule has 4 aromatic rings. The van der Waals surface area contributed by atoms with E-state index in [0.29, 0.717) is 36.2 Å². The Kier molecular flexibility index (Phi) is 7.59. The lowest BCUT2D eigenvalue weighted by Gasteiger charge is -2.31. The lowest BCUT2D eigenvalue weighted by molar-refractivity contribution is -0.113. The first kappa shape index (κ1) is 26.4. The smallest absolute Gasteiger partial charge is 0.255 e. The summed E-state index contributed by atoms with van der Waals surface area (Å²) in [5.74, 6) is 1.91. The summed E-state index contributed by atoms with van der Waals surface area (Å²) in [6, 6.07) is 19.6. The number of fused-ring (bicyclic) bond motifs is 3. The van der Waals surface area contributed by atoms with Crippen LogP contribution in [0.25, 0.3) is 11.0 Å². The van der Waals surface area contributed by atoms with Gasteiger partial charge in [-0.05, 0) is 75.6 Å². The Labute approximate surface area is 229 Å². The molecule has 0 saturated heterocycles. The number of nitrogens with zero attached hydrogens (tertiary/aromatic N) is 2. The molecule has 7 heteroatoms. The Hall–Kier alpha value is -4.26. The van der Waals surface area contributed by atoms with Gasteiger partial charge in [0.25, 0.3) is 5.91 Å². The van der Waals surface area contributed by atoms with E-state index in [1.165, 1.54) is 0 Å². The second-order valence-electron chi connectivity index (χ2n) is 9.97. The van der Waals surface area contributed by atoms with E-state index in [4.69, 9.17) is 14.5 Å². The van der Waals surface area contributed by atoms with Crippen molar-refractivity contribution in [1.82, 2.24) is 9.55 Å². The molecule has 202 valence electrons. The summed E-state index contributed by atoms with van der Waals surface area (Å²) in [5.41, 5.74) is 7.05. The van der Waals surface area contributed by atoms with Gasteiger partial charge in [-0.3, -0.25) is 9.36 Å². The van der Waals surface area contributed by atoms with E-state index in [1.807, 2.05) is 82.3 Å². The quantitative estimate of drug-likeness (QED) is 0.227. The Morgan fingerprint density at radius 2 is 1.82 bits per heavy atom. The molecule has 0 unspecified atom stereocenters. The number of benzene rings is 3. The number of hydrogen-bond donors (Lipinski definition) is 2. The molecule has 2 heterocycles. The highest BCUT2D eigenvalue weighted by molar-refractivity contribution is 6.06. The largest absolute Gasteiger partial charge is 0.490 e. The highest BCUT2D eigenvalue weighted by Gasteiger charge is 2.34. The highest BCUT2D eigenvalue weighted by Crippen LogP contribution is 2.42. The van der Waals surface area contributed by atoms with Gasteiger partial charge in [0.1, 0.15) is 0 Å². The first-order valence-electron chi connectivity index (χ1n) is 13.6. The van der Waals surface area contributed by atoms with Crippen molar-refractivity contribution < 1.29 is 14.3 Å². The normalized spacial score (nSPS) is 14.6. The van der Waals surface area contributed by atoms with E-state index in [-0.39, 0.29) is 5.91 Å². The summed E-state index contributed by atoms with van der Waals surface area (Å²) in [5, 5.41) is 6.56. The Morgan fingerprint density at radius 1 is 1.00 bits per heavy atom. The lowest BCUT2D eigenvalue weighted by Crippen LogP contribution is -2.31. The fourth-order valence-electron chi connectivity index (χ4n) is 5.13. The number of aryl methyl sites for hydroxylation is 2. The Balaban J connectivity index is 1.63. The van der Waals surface area contributed by atoms with Crippen LogP contribution in [-0.4, -0.2) is 28.7 Å². The van der Waals surface area contributed by atoms with Crippen molar-refractivity contribution in [2.75, 3.05) is 23.8 Å². The summed E-state index contributed by atoms with van der Waals surface area (Å²) in [6.45, 7) is 11.2. The number of anilines is 2. The van der Waals surface area contributed by atoms with Crippen LogP contribution in [-0.2, 0) is 4.79 Å². The number of aromatic nitrogens is 2. The SMILES string of the molecule is CCCCOc1ccc([C@@H]2C(C(=O)Nc3ccc(C)cc3C)=C(C)Nc3nc4ccccc4n32)cc1OCC. The van der Waals surface area contributed by atoms with Crippen LogP contribution in [0, 0.1) is 13.8 Å². The Bertz CT molecular complexity index is 1550. The molecule has 7 nitrogen and oxygen atoms in total. The Morgan fingerprint density at radius 3 is 2.59 bits per heavy atom. The molecule has 2 N–H and O–H groups in total. The monoisotopic (exact) mass is 524 g/mol. The number of para-hydroxylation sites is 2. The maximum atomic E-state index is 14.0. The van der Waals surface area contributed by atoms with Crippen LogP contribution >= 0.6 is 0 Å². The molecule has 1 atom stereocenters. The second-order valence-corrected chi connectivity index (χ2v) is 9.97. The number of ether oxygens (including phenoxy) is 2. The average molecular weight is 525 g/mol. The molecule has 1 aliphatic heterocycles. The van der Waals surface area contributed by atoms with Gasteiger partial charge in [0, 0.05) is 11.4 Å². The van der Waals surface area contributed by atoms with Crippen LogP contribution in [0.15, 0.2) is 71.9 Å². The highest BCUT2D eigenvalue weighted by atomic mass is 16.5. The predicted octanol–water partition coefficient (Wildman–Crippen LogP) is 7.16. The summed E-state index contributed by atoms with van der Waals surface area (Å²) < 4.78 is 14.2. The van der Waals surface area contributed by atoms with Crippen molar-refractivity contribution in [1.29, 1.82) is 0 Å². The lowest BCUT2D eigenvalue weighted by atomic mass is 9.93. The van der Waals surface area contributed by atoms with Crippen molar-refractivity contribution in [3.05, 3.63) is 88.6 Å². The van der Waals surface area contributed by atoms with Gasteiger partial charge >= 0.3 is 0 Å². The molecule has 5 rings (SSSR count). The predicted molar refractivity (Wildman–Crippen MR) is 157 cm³/mol. The average Bonchev–Trinajstić information content (AvgIpc) is 3.28. The van der Waals surface area contributed by atoms with Crippen LogP contribution in [0.3, 0.4) is 0 Å². The minimum absolute atomic E-state index is 0.165. The van der Waals surface area contributed by atoms with E-state index in [0.717, 1.165) is 51.9 Å². The maximum absolute atomic E-state index is 14.0. The van der Waals surface area contributed by atoms with E-state index in [2.05, 4.69) is 28.2 Å².